The third-order valence-corrected chi connectivity index (χ3v) is 6.68. The van der Waals surface area contributed by atoms with E-state index in [1.807, 2.05) is 0 Å². The minimum atomic E-state index is -1.08. The van der Waals surface area contributed by atoms with E-state index in [9.17, 15) is 9.90 Å². The Kier molecular flexibility index (Phi) is 10.1. The topological polar surface area (TPSA) is 66.8 Å². The first-order valence-electron chi connectivity index (χ1n) is 10.7. The van der Waals surface area contributed by atoms with Crippen LogP contribution in [0, 0.1) is 5.92 Å². The van der Waals surface area contributed by atoms with Crippen molar-refractivity contribution in [3.8, 4) is 5.75 Å². The number of benzene rings is 2. The van der Waals surface area contributed by atoms with Gasteiger partial charge >= 0.3 is 5.97 Å². The normalized spacial score (nSPS) is 14.7. The van der Waals surface area contributed by atoms with Gasteiger partial charge in [-0.25, -0.2) is 4.79 Å². The number of carboxylic acid groups (broad SMARTS) is 1. The number of hydrogen-bond acceptors (Lipinski definition) is 3. The summed E-state index contributed by atoms with van der Waals surface area (Å²) in [6, 6.07) is 11.8. The third-order valence-electron chi connectivity index (χ3n) is 5.86. The SMILES string of the molecule is C[N+](C)(CCC1Cc2ccccc2C1)C[C@@H](O)COc1cc(Cl)c(Cl)c(/C=C/C(=O)O)c1.Cl. The molecular formula is C25H31Cl3NO4+. The van der Waals surface area contributed by atoms with Gasteiger partial charge in [0, 0.05) is 18.6 Å². The van der Waals surface area contributed by atoms with Gasteiger partial charge in [-0.1, -0.05) is 47.5 Å². The summed E-state index contributed by atoms with van der Waals surface area (Å²) in [4.78, 5) is 10.8. The van der Waals surface area contributed by atoms with E-state index in [0.717, 1.165) is 31.9 Å². The van der Waals surface area contributed by atoms with E-state index in [-0.39, 0.29) is 29.1 Å². The van der Waals surface area contributed by atoms with Crippen molar-refractivity contribution in [3.63, 3.8) is 0 Å². The zero-order valence-electron chi connectivity index (χ0n) is 18.8. The number of carbonyl (C=O) groups is 1. The Morgan fingerprint density at radius 1 is 1.21 bits per heavy atom. The monoisotopic (exact) mass is 514 g/mol. The van der Waals surface area contributed by atoms with Gasteiger partial charge in [0.2, 0.25) is 0 Å². The van der Waals surface area contributed by atoms with Crippen LogP contribution in [0.1, 0.15) is 23.1 Å². The molecule has 0 aromatic heterocycles. The predicted octanol–water partition coefficient (Wildman–Crippen LogP) is 5.13. The molecule has 1 atom stereocenters. The Morgan fingerprint density at radius 2 is 1.85 bits per heavy atom. The Balaban J connectivity index is 0.00000385. The number of ether oxygens (including phenoxy) is 1. The molecule has 5 nitrogen and oxygen atoms in total. The predicted molar refractivity (Wildman–Crippen MR) is 136 cm³/mol. The molecule has 0 bridgehead atoms. The lowest BCUT2D eigenvalue weighted by molar-refractivity contribution is -0.894. The zero-order valence-corrected chi connectivity index (χ0v) is 21.2. The van der Waals surface area contributed by atoms with Gasteiger partial charge in [-0.05, 0) is 47.6 Å². The van der Waals surface area contributed by atoms with Crippen LogP contribution in [0.15, 0.2) is 42.5 Å². The van der Waals surface area contributed by atoms with Crippen molar-refractivity contribution in [2.75, 3.05) is 33.8 Å². The molecule has 1 aliphatic rings. The molecule has 0 unspecified atom stereocenters. The fraction of sp³-hybridized carbons (Fsp3) is 0.400. The Labute approximate surface area is 211 Å². The summed E-state index contributed by atoms with van der Waals surface area (Å²) in [5, 5.41) is 19.9. The van der Waals surface area contributed by atoms with Gasteiger partial charge in [-0.15, -0.1) is 12.4 Å². The number of hydrogen-bond donors (Lipinski definition) is 2. The second-order valence-corrected chi connectivity index (χ2v) is 9.90. The summed E-state index contributed by atoms with van der Waals surface area (Å²) in [6.07, 6.45) is 5.08. The van der Waals surface area contributed by atoms with E-state index < -0.39 is 12.1 Å². The number of rotatable bonds is 10. The Bertz CT molecular complexity index is 969. The van der Waals surface area contributed by atoms with Crippen LogP contribution in [0.4, 0.5) is 0 Å². The molecule has 180 valence electrons. The highest BCUT2D eigenvalue weighted by atomic mass is 35.5. The summed E-state index contributed by atoms with van der Waals surface area (Å²) in [7, 11) is 4.25. The summed E-state index contributed by atoms with van der Waals surface area (Å²) >= 11 is 12.3. The molecule has 3 rings (SSSR count). The molecule has 0 spiro atoms. The number of quaternary nitrogens is 1. The molecule has 0 saturated heterocycles. The number of fused-ring (bicyclic) bond motifs is 1. The van der Waals surface area contributed by atoms with Gasteiger partial charge in [0.15, 0.2) is 0 Å². The van der Waals surface area contributed by atoms with Crippen LogP contribution in [0.2, 0.25) is 10.0 Å². The van der Waals surface area contributed by atoms with Gasteiger partial charge in [0.1, 0.15) is 25.0 Å². The largest absolute Gasteiger partial charge is 0.491 e. The molecular weight excluding hydrogens is 485 g/mol. The van der Waals surface area contributed by atoms with Gasteiger partial charge in [0.05, 0.1) is 30.7 Å². The van der Waals surface area contributed by atoms with Crippen molar-refractivity contribution in [1.82, 2.24) is 0 Å². The van der Waals surface area contributed by atoms with Crippen LogP contribution in [0.25, 0.3) is 6.08 Å². The third kappa shape index (κ3) is 8.20. The number of nitrogens with zero attached hydrogens (tertiary/aromatic N) is 1. The number of likely N-dealkylation sites (N-methyl/N-ethyl adjacent to an activating group) is 1. The lowest BCUT2D eigenvalue weighted by atomic mass is 10.0. The van der Waals surface area contributed by atoms with Crippen LogP contribution < -0.4 is 4.74 Å². The van der Waals surface area contributed by atoms with E-state index in [4.69, 9.17) is 33.0 Å². The summed E-state index contributed by atoms with van der Waals surface area (Å²) in [5.74, 6) is 0.00427. The Morgan fingerprint density at radius 3 is 2.45 bits per heavy atom. The van der Waals surface area contributed by atoms with Crippen molar-refractivity contribution in [1.29, 1.82) is 0 Å². The Hall–Kier alpha value is -1.76. The van der Waals surface area contributed by atoms with Crippen molar-refractivity contribution < 1.29 is 24.2 Å². The lowest BCUT2D eigenvalue weighted by Gasteiger charge is -2.32. The van der Waals surface area contributed by atoms with Gasteiger partial charge in [-0.3, -0.25) is 0 Å². The maximum absolute atomic E-state index is 10.8. The molecule has 0 aliphatic heterocycles. The molecule has 33 heavy (non-hydrogen) atoms. The maximum atomic E-state index is 10.8. The van der Waals surface area contributed by atoms with Crippen molar-refractivity contribution in [3.05, 3.63) is 69.2 Å². The quantitative estimate of drug-likeness (QED) is 0.340. The van der Waals surface area contributed by atoms with Crippen molar-refractivity contribution >= 4 is 47.7 Å². The van der Waals surface area contributed by atoms with E-state index >= 15 is 0 Å². The first-order valence-corrected chi connectivity index (χ1v) is 11.5. The van der Waals surface area contributed by atoms with Crippen LogP contribution in [0.3, 0.4) is 0 Å². The van der Waals surface area contributed by atoms with Crippen molar-refractivity contribution in [2.45, 2.75) is 25.4 Å². The summed E-state index contributed by atoms with van der Waals surface area (Å²) in [6.45, 7) is 1.65. The highest BCUT2D eigenvalue weighted by Crippen LogP contribution is 2.32. The first-order chi connectivity index (χ1) is 15.1. The molecule has 0 saturated carbocycles. The summed E-state index contributed by atoms with van der Waals surface area (Å²) < 4.78 is 6.43. The van der Waals surface area contributed by atoms with Crippen LogP contribution in [0.5, 0.6) is 5.75 Å². The molecule has 2 N–H and O–H groups in total. The number of aliphatic carboxylic acids is 1. The van der Waals surface area contributed by atoms with E-state index in [0.29, 0.717) is 28.3 Å². The lowest BCUT2D eigenvalue weighted by Crippen LogP contribution is -2.48. The van der Waals surface area contributed by atoms with Gasteiger partial charge in [0.25, 0.3) is 0 Å². The zero-order chi connectivity index (χ0) is 23.3. The maximum Gasteiger partial charge on any atom is 0.328 e. The fourth-order valence-electron chi connectivity index (χ4n) is 4.24. The molecule has 1 aliphatic carbocycles. The molecule has 8 heteroatoms. The van der Waals surface area contributed by atoms with E-state index in [1.54, 1.807) is 12.1 Å². The highest BCUT2D eigenvalue weighted by molar-refractivity contribution is 6.43. The average Bonchev–Trinajstić information content (AvgIpc) is 3.15. The molecule has 0 amide bonds. The average molecular weight is 516 g/mol. The molecule has 2 aromatic rings. The van der Waals surface area contributed by atoms with Gasteiger partial charge < -0.3 is 19.4 Å². The van der Waals surface area contributed by atoms with Crippen LogP contribution in [-0.4, -0.2) is 60.6 Å². The first kappa shape index (κ1) is 27.5. The second-order valence-electron chi connectivity index (χ2n) is 9.12. The second kappa shape index (κ2) is 12.1. The minimum absolute atomic E-state index is 0. The fourth-order valence-corrected chi connectivity index (χ4v) is 4.63. The number of carboxylic acids is 1. The number of aliphatic hydroxyl groups is 1. The summed E-state index contributed by atoms with van der Waals surface area (Å²) in [5.41, 5.74) is 3.38. The number of halogens is 3. The molecule has 0 fully saturated rings. The number of aliphatic hydroxyl groups excluding tert-OH is 1. The van der Waals surface area contributed by atoms with Crippen LogP contribution >= 0.6 is 35.6 Å². The van der Waals surface area contributed by atoms with E-state index in [1.165, 1.54) is 17.2 Å². The van der Waals surface area contributed by atoms with Crippen LogP contribution in [-0.2, 0) is 17.6 Å². The minimum Gasteiger partial charge on any atom is -0.491 e. The van der Waals surface area contributed by atoms with Crippen molar-refractivity contribution in [2.24, 2.45) is 5.92 Å². The highest BCUT2D eigenvalue weighted by Gasteiger charge is 2.26. The van der Waals surface area contributed by atoms with E-state index in [2.05, 4.69) is 38.4 Å². The molecule has 2 aromatic carbocycles. The molecule has 0 radical (unpaired) electrons. The smallest absolute Gasteiger partial charge is 0.328 e. The van der Waals surface area contributed by atoms with Gasteiger partial charge in [-0.2, -0.15) is 0 Å². The standard InChI is InChI=1S/C25H29Cl2NO4.ClH/c1-28(2,10-9-17-11-18-5-3-4-6-19(18)12-17)15-21(29)16-32-22-13-20(7-8-24(30)31)25(27)23(26)14-22;/h3-8,13-14,17,21,29H,9-12,15-16H2,1-2H3;1H/p+1/b8-7+;/t21-;/m1./s1. The molecule has 0 heterocycles.